The SMILES string of the molecule is O=C(Nc1nc2c(c(C(=O)C3CCCCC3)n1)CNCC2)c1ccccc1C(F)(F)F. The Morgan fingerprint density at radius 3 is 2.55 bits per heavy atom. The van der Waals surface area contributed by atoms with E-state index in [2.05, 4.69) is 20.6 Å². The van der Waals surface area contributed by atoms with E-state index in [1.807, 2.05) is 0 Å². The Bertz CT molecular complexity index is 1000. The zero-order valence-corrected chi connectivity index (χ0v) is 16.9. The standard InChI is InChI=1S/C22H23F3N4O2/c23-22(24,25)16-9-5-4-8-14(16)20(31)29-21-27-17-10-11-26-12-15(17)18(28-21)19(30)13-6-2-1-3-7-13/h4-5,8-9,13,26H,1-3,6-7,10-12H2,(H,27,28,29,31). The number of benzene rings is 1. The largest absolute Gasteiger partial charge is 0.417 e. The van der Waals surface area contributed by atoms with Crippen molar-refractivity contribution < 1.29 is 22.8 Å². The zero-order chi connectivity index (χ0) is 22.0. The van der Waals surface area contributed by atoms with Gasteiger partial charge in [-0.3, -0.25) is 14.9 Å². The van der Waals surface area contributed by atoms with Gasteiger partial charge in [0.25, 0.3) is 5.91 Å². The average molecular weight is 432 g/mol. The van der Waals surface area contributed by atoms with Crippen molar-refractivity contribution in [3.05, 3.63) is 52.3 Å². The summed E-state index contributed by atoms with van der Waals surface area (Å²) in [5.74, 6) is -1.29. The molecular weight excluding hydrogens is 409 g/mol. The number of nitrogens with zero attached hydrogens (tertiary/aromatic N) is 2. The maximum Gasteiger partial charge on any atom is 0.417 e. The highest BCUT2D eigenvalue weighted by molar-refractivity contribution is 6.05. The van der Waals surface area contributed by atoms with Crippen molar-refractivity contribution in [1.29, 1.82) is 0 Å². The molecule has 0 spiro atoms. The van der Waals surface area contributed by atoms with Gasteiger partial charge in [0.15, 0.2) is 5.78 Å². The first-order valence-electron chi connectivity index (χ1n) is 10.5. The van der Waals surface area contributed by atoms with E-state index in [1.165, 1.54) is 12.1 Å². The highest BCUT2D eigenvalue weighted by atomic mass is 19.4. The van der Waals surface area contributed by atoms with Gasteiger partial charge in [0, 0.05) is 31.0 Å². The van der Waals surface area contributed by atoms with Gasteiger partial charge in [-0.2, -0.15) is 13.2 Å². The number of carbonyl (C=O) groups excluding carboxylic acids is 2. The molecule has 31 heavy (non-hydrogen) atoms. The van der Waals surface area contributed by atoms with E-state index in [1.54, 1.807) is 0 Å². The summed E-state index contributed by atoms with van der Waals surface area (Å²) in [5, 5.41) is 5.59. The minimum absolute atomic E-state index is 0.0757. The minimum Gasteiger partial charge on any atom is -0.312 e. The molecule has 4 rings (SSSR count). The summed E-state index contributed by atoms with van der Waals surface area (Å²) in [5.41, 5.74) is 0.0812. The number of Topliss-reactive ketones (excluding diaryl/α,β-unsaturated/α-hetero) is 1. The first-order valence-corrected chi connectivity index (χ1v) is 10.5. The third-order valence-electron chi connectivity index (χ3n) is 5.84. The van der Waals surface area contributed by atoms with Crippen LogP contribution in [0.25, 0.3) is 0 Å². The molecule has 164 valence electrons. The van der Waals surface area contributed by atoms with Crippen LogP contribution in [0.5, 0.6) is 0 Å². The molecule has 1 amide bonds. The number of halogens is 3. The van der Waals surface area contributed by atoms with E-state index >= 15 is 0 Å². The Hall–Kier alpha value is -2.81. The molecule has 6 nitrogen and oxygen atoms in total. The molecule has 0 saturated heterocycles. The first-order chi connectivity index (χ1) is 14.8. The average Bonchev–Trinajstić information content (AvgIpc) is 2.78. The van der Waals surface area contributed by atoms with Gasteiger partial charge in [0.05, 0.1) is 16.8 Å². The number of rotatable bonds is 4. The van der Waals surface area contributed by atoms with Gasteiger partial charge in [0.2, 0.25) is 5.95 Å². The van der Waals surface area contributed by atoms with E-state index in [4.69, 9.17) is 0 Å². The predicted octanol–water partition coefficient (Wildman–Crippen LogP) is 4.16. The summed E-state index contributed by atoms with van der Waals surface area (Å²) in [6.45, 7) is 1.11. The van der Waals surface area contributed by atoms with Crippen LogP contribution in [0, 0.1) is 5.92 Å². The lowest BCUT2D eigenvalue weighted by atomic mass is 9.84. The molecule has 1 aliphatic heterocycles. The van der Waals surface area contributed by atoms with E-state index in [9.17, 15) is 22.8 Å². The number of nitrogens with one attached hydrogen (secondary N) is 2. The summed E-state index contributed by atoms with van der Waals surface area (Å²) in [7, 11) is 0. The second kappa shape index (κ2) is 8.74. The molecule has 1 aliphatic carbocycles. The number of alkyl halides is 3. The summed E-state index contributed by atoms with van der Waals surface area (Å²) in [6.07, 6.45) is 0.549. The number of hydrogen-bond acceptors (Lipinski definition) is 5. The highest BCUT2D eigenvalue weighted by Gasteiger charge is 2.35. The molecule has 2 aromatic rings. The summed E-state index contributed by atoms with van der Waals surface area (Å²) >= 11 is 0. The van der Waals surface area contributed by atoms with Gasteiger partial charge < -0.3 is 5.32 Å². The summed E-state index contributed by atoms with van der Waals surface area (Å²) in [4.78, 5) is 34.5. The lowest BCUT2D eigenvalue weighted by molar-refractivity contribution is -0.137. The van der Waals surface area contributed by atoms with Crippen molar-refractivity contribution in [2.24, 2.45) is 5.92 Å². The van der Waals surface area contributed by atoms with Crippen LogP contribution >= 0.6 is 0 Å². The van der Waals surface area contributed by atoms with Crippen molar-refractivity contribution in [3.8, 4) is 0 Å². The van der Waals surface area contributed by atoms with Gasteiger partial charge in [-0.25, -0.2) is 9.97 Å². The van der Waals surface area contributed by atoms with Gasteiger partial charge in [-0.05, 0) is 25.0 Å². The van der Waals surface area contributed by atoms with Crippen molar-refractivity contribution in [2.45, 2.75) is 51.2 Å². The predicted molar refractivity (Wildman–Crippen MR) is 108 cm³/mol. The third kappa shape index (κ3) is 4.61. The van der Waals surface area contributed by atoms with Gasteiger partial charge in [0.1, 0.15) is 5.69 Å². The maximum atomic E-state index is 13.3. The van der Waals surface area contributed by atoms with Crippen molar-refractivity contribution in [1.82, 2.24) is 15.3 Å². The van der Waals surface area contributed by atoms with Crippen LogP contribution in [0.3, 0.4) is 0 Å². The molecule has 1 fully saturated rings. The van der Waals surface area contributed by atoms with Crippen molar-refractivity contribution in [2.75, 3.05) is 11.9 Å². The van der Waals surface area contributed by atoms with Crippen LogP contribution in [-0.4, -0.2) is 28.2 Å². The van der Waals surface area contributed by atoms with Crippen LogP contribution in [0.4, 0.5) is 19.1 Å². The molecule has 0 bridgehead atoms. The number of amides is 1. The maximum absolute atomic E-state index is 13.3. The van der Waals surface area contributed by atoms with E-state index in [0.29, 0.717) is 25.2 Å². The minimum atomic E-state index is -4.67. The lowest BCUT2D eigenvalue weighted by Crippen LogP contribution is -2.30. The zero-order valence-electron chi connectivity index (χ0n) is 16.9. The fourth-order valence-electron chi connectivity index (χ4n) is 4.26. The molecule has 0 atom stereocenters. The Morgan fingerprint density at radius 2 is 1.81 bits per heavy atom. The van der Waals surface area contributed by atoms with Gasteiger partial charge >= 0.3 is 6.18 Å². The Kier molecular flexibility index (Phi) is 6.04. The van der Waals surface area contributed by atoms with E-state index < -0.39 is 23.2 Å². The van der Waals surface area contributed by atoms with E-state index in [0.717, 1.165) is 49.8 Å². The number of hydrogen-bond donors (Lipinski definition) is 2. The Labute approximate surface area is 177 Å². The second-order valence-corrected chi connectivity index (χ2v) is 7.94. The van der Waals surface area contributed by atoms with Crippen LogP contribution in [0.15, 0.2) is 24.3 Å². The van der Waals surface area contributed by atoms with Crippen molar-refractivity contribution >= 4 is 17.6 Å². The molecule has 9 heteroatoms. The molecule has 2 aliphatic rings. The number of aromatic nitrogens is 2. The molecule has 0 unspecified atom stereocenters. The first kappa shape index (κ1) is 21.4. The quantitative estimate of drug-likeness (QED) is 0.709. The Morgan fingerprint density at radius 1 is 1.06 bits per heavy atom. The topological polar surface area (TPSA) is 84.0 Å². The molecule has 2 N–H and O–H groups in total. The van der Waals surface area contributed by atoms with Crippen LogP contribution in [0.2, 0.25) is 0 Å². The fraction of sp³-hybridized carbons (Fsp3) is 0.455. The third-order valence-corrected chi connectivity index (χ3v) is 5.84. The monoisotopic (exact) mass is 432 g/mol. The highest BCUT2D eigenvalue weighted by Crippen LogP contribution is 2.32. The number of fused-ring (bicyclic) bond motifs is 1. The number of carbonyl (C=O) groups is 2. The van der Waals surface area contributed by atoms with Gasteiger partial charge in [-0.1, -0.05) is 31.4 Å². The van der Waals surface area contributed by atoms with Crippen LogP contribution < -0.4 is 10.6 Å². The molecule has 0 radical (unpaired) electrons. The number of ketones is 1. The smallest absolute Gasteiger partial charge is 0.312 e. The number of anilines is 1. The summed E-state index contributed by atoms with van der Waals surface area (Å²) in [6, 6.07) is 4.55. The molecule has 2 heterocycles. The van der Waals surface area contributed by atoms with Gasteiger partial charge in [-0.15, -0.1) is 0 Å². The molecular formula is C22H23F3N4O2. The molecule has 1 aromatic heterocycles. The fourth-order valence-corrected chi connectivity index (χ4v) is 4.26. The van der Waals surface area contributed by atoms with Crippen molar-refractivity contribution in [3.63, 3.8) is 0 Å². The van der Waals surface area contributed by atoms with E-state index in [-0.39, 0.29) is 23.3 Å². The lowest BCUT2D eigenvalue weighted by Gasteiger charge is -2.24. The Balaban J connectivity index is 1.67. The van der Waals surface area contributed by atoms with Crippen LogP contribution in [-0.2, 0) is 19.1 Å². The molecule has 1 aromatic carbocycles. The molecule has 1 saturated carbocycles. The normalized spacial score (nSPS) is 17.1. The summed E-state index contributed by atoms with van der Waals surface area (Å²) < 4.78 is 39.9. The second-order valence-electron chi connectivity index (χ2n) is 7.94. The van der Waals surface area contributed by atoms with Crippen LogP contribution in [0.1, 0.15) is 69.8 Å².